The van der Waals surface area contributed by atoms with Crippen molar-refractivity contribution in [2.45, 2.75) is 13.0 Å². The highest BCUT2D eigenvalue weighted by atomic mass is 19.1. The van der Waals surface area contributed by atoms with Gasteiger partial charge in [0.2, 0.25) is 0 Å². The summed E-state index contributed by atoms with van der Waals surface area (Å²) in [6.07, 6.45) is 1.67. The largest absolute Gasteiger partial charge is 0.335 e. The van der Waals surface area contributed by atoms with Crippen molar-refractivity contribution in [1.82, 2.24) is 15.1 Å². The molecule has 1 aromatic heterocycles. The number of rotatable bonds is 3. The molecule has 1 atom stereocenters. The van der Waals surface area contributed by atoms with E-state index in [0.29, 0.717) is 16.6 Å². The van der Waals surface area contributed by atoms with Crippen LogP contribution in [0, 0.1) is 5.82 Å². The molecule has 4 nitrogen and oxygen atoms in total. The molecule has 0 unspecified atom stereocenters. The zero-order valence-corrected chi connectivity index (χ0v) is 12.4. The van der Waals surface area contributed by atoms with Crippen molar-refractivity contribution < 1.29 is 9.18 Å². The molecule has 3 aromatic rings. The maximum Gasteiger partial charge on any atom is 0.256 e. The number of hydrogen-bond acceptors (Lipinski definition) is 2. The van der Waals surface area contributed by atoms with E-state index in [0.717, 1.165) is 5.39 Å². The van der Waals surface area contributed by atoms with E-state index in [2.05, 4.69) is 10.2 Å². The highest BCUT2D eigenvalue weighted by Crippen LogP contribution is 2.25. The second-order valence-corrected chi connectivity index (χ2v) is 5.25. The monoisotopic (exact) mass is 297 g/mol. The van der Waals surface area contributed by atoms with Gasteiger partial charge in [0.25, 0.3) is 5.91 Å². The van der Waals surface area contributed by atoms with Crippen molar-refractivity contribution in [2.75, 3.05) is 7.05 Å². The zero-order valence-electron chi connectivity index (χ0n) is 12.4. The van der Waals surface area contributed by atoms with Gasteiger partial charge >= 0.3 is 0 Å². The van der Waals surface area contributed by atoms with Crippen molar-refractivity contribution in [1.29, 1.82) is 0 Å². The Kier molecular flexibility index (Phi) is 3.63. The van der Waals surface area contributed by atoms with Crippen molar-refractivity contribution >= 4 is 16.8 Å². The van der Waals surface area contributed by atoms with E-state index < -0.39 is 0 Å². The number of aromatic nitrogens is 2. The Bertz CT molecular complexity index is 827. The summed E-state index contributed by atoms with van der Waals surface area (Å²) in [4.78, 5) is 14.3. The molecule has 0 aliphatic heterocycles. The first-order valence-corrected chi connectivity index (χ1v) is 7.03. The van der Waals surface area contributed by atoms with Crippen LogP contribution in [0.4, 0.5) is 4.39 Å². The van der Waals surface area contributed by atoms with Crippen LogP contribution in [-0.2, 0) is 0 Å². The normalized spacial score (nSPS) is 12.3. The smallest absolute Gasteiger partial charge is 0.256 e. The SMILES string of the molecule is C[C@H](c1ccccc1F)N(C)C(=O)c1cccc2cn[nH]c12. The molecule has 0 saturated heterocycles. The predicted molar refractivity (Wildman–Crippen MR) is 83.0 cm³/mol. The molecule has 0 aliphatic carbocycles. The summed E-state index contributed by atoms with van der Waals surface area (Å²) in [5, 5.41) is 7.68. The van der Waals surface area contributed by atoms with Gasteiger partial charge in [-0.25, -0.2) is 4.39 Å². The van der Waals surface area contributed by atoms with Gasteiger partial charge in [-0.3, -0.25) is 9.89 Å². The van der Waals surface area contributed by atoms with Crippen molar-refractivity contribution in [2.24, 2.45) is 0 Å². The average Bonchev–Trinajstić information content (AvgIpc) is 3.02. The Labute approximate surface area is 127 Å². The highest BCUT2D eigenvalue weighted by Gasteiger charge is 2.22. The molecule has 1 amide bonds. The summed E-state index contributed by atoms with van der Waals surface area (Å²) in [6.45, 7) is 1.81. The molecule has 1 heterocycles. The molecule has 1 N–H and O–H groups in total. The van der Waals surface area contributed by atoms with Crippen LogP contribution >= 0.6 is 0 Å². The first-order valence-electron chi connectivity index (χ1n) is 7.03. The average molecular weight is 297 g/mol. The van der Waals surface area contributed by atoms with Crippen LogP contribution in [0.1, 0.15) is 28.9 Å². The van der Waals surface area contributed by atoms with Gasteiger partial charge in [-0.2, -0.15) is 5.10 Å². The molecule has 0 aliphatic rings. The van der Waals surface area contributed by atoms with E-state index in [1.54, 1.807) is 37.5 Å². The molecule has 0 spiro atoms. The number of carbonyl (C=O) groups excluding carboxylic acids is 1. The van der Waals surface area contributed by atoms with Crippen LogP contribution in [0.15, 0.2) is 48.7 Å². The van der Waals surface area contributed by atoms with E-state index in [9.17, 15) is 9.18 Å². The van der Waals surface area contributed by atoms with E-state index in [1.807, 2.05) is 19.1 Å². The van der Waals surface area contributed by atoms with E-state index in [4.69, 9.17) is 0 Å². The lowest BCUT2D eigenvalue weighted by Gasteiger charge is -2.26. The maximum atomic E-state index is 13.9. The molecule has 3 rings (SSSR count). The Balaban J connectivity index is 1.95. The summed E-state index contributed by atoms with van der Waals surface area (Å²) < 4.78 is 13.9. The fraction of sp³-hybridized carbons (Fsp3) is 0.176. The van der Waals surface area contributed by atoms with E-state index >= 15 is 0 Å². The number of carbonyl (C=O) groups is 1. The van der Waals surface area contributed by atoms with Crippen LogP contribution in [0.5, 0.6) is 0 Å². The van der Waals surface area contributed by atoms with Gasteiger partial charge in [0.15, 0.2) is 0 Å². The third kappa shape index (κ3) is 2.35. The number of halogens is 1. The second-order valence-electron chi connectivity index (χ2n) is 5.25. The van der Waals surface area contributed by atoms with Crippen molar-refractivity contribution in [3.63, 3.8) is 0 Å². The molecule has 0 saturated carbocycles. The molecule has 0 bridgehead atoms. The highest BCUT2D eigenvalue weighted by molar-refractivity contribution is 6.05. The van der Waals surface area contributed by atoms with Crippen molar-refractivity contribution in [3.8, 4) is 0 Å². The number of H-pyrrole nitrogens is 1. The van der Waals surface area contributed by atoms with Crippen LogP contribution in [0.25, 0.3) is 10.9 Å². The Morgan fingerprint density at radius 3 is 2.77 bits per heavy atom. The van der Waals surface area contributed by atoms with Gasteiger partial charge in [-0.1, -0.05) is 30.3 Å². The lowest BCUT2D eigenvalue weighted by molar-refractivity contribution is 0.0742. The maximum absolute atomic E-state index is 13.9. The first-order chi connectivity index (χ1) is 10.6. The molecular formula is C17H16FN3O. The van der Waals surface area contributed by atoms with Gasteiger partial charge in [-0.05, 0) is 19.1 Å². The summed E-state index contributed by atoms with van der Waals surface area (Å²) >= 11 is 0. The third-order valence-electron chi connectivity index (χ3n) is 3.96. The van der Waals surface area contributed by atoms with Crippen LogP contribution in [0.3, 0.4) is 0 Å². The number of nitrogens with one attached hydrogen (secondary N) is 1. The van der Waals surface area contributed by atoms with E-state index in [1.165, 1.54) is 11.0 Å². The van der Waals surface area contributed by atoms with Gasteiger partial charge in [-0.15, -0.1) is 0 Å². The topological polar surface area (TPSA) is 49.0 Å². The molecule has 5 heteroatoms. The number of nitrogens with zero attached hydrogens (tertiary/aromatic N) is 2. The third-order valence-corrected chi connectivity index (χ3v) is 3.96. The number of para-hydroxylation sites is 1. The quantitative estimate of drug-likeness (QED) is 0.804. The van der Waals surface area contributed by atoms with E-state index in [-0.39, 0.29) is 17.8 Å². The van der Waals surface area contributed by atoms with Crippen LogP contribution in [-0.4, -0.2) is 28.1 Å². The summed E-state index contributed by atoms with van der Waals surface area (Å²) in [7, 11) is 1.68. The summed E-state index contributed by atoms with van der Waals surface area (Å²) in [6, 6.07) is 11.6. The van der Waals surface area contributed by atoms with Gasteiger partial charge in [0, 0.05) is 18.0 Å². The molecular weight excluding hydrogens is 281 g/mol. The van der Waals surface area contributed by atoms with Crippen molar-refractivity contribution in [3.05, 3.63) is 65.6 Å². The predicted octanol–water partition coefficient (Wildman–Crippen LogP) is 3.54. The number of aromatic amines is 1. The number of benzene rings is 2. The Morgan fingerprint density at radius 2 is 2.00 bits per heavy atom. The molecule has 0 fully saturated rings. The molecule has 0 radical (unpaired) electrons. The minimum Gasteiger partial charge on any atom is -0.335 e. The zero-order chi connectivity index (χ0) is 15.7. The summed E-state index contributed by atoms with van der Waals surface area (Å²) in [5.74, 6) is -0.486. The summed E-state index contributed by atoms with van der Waals surface area (Å²) in [5.41, 5.74) is 1.72. The fourth-order valence-electron chi connectivity index (χ4n) is 2.54. The lowest BCUT2D eigenvalue weighted by atomic mass is 10.0. The Hall–Kier alpha value is -2.69. The van der Waals surface area contributed by atoms with Gasteiger partial charge in [0.05, 0.1) is 23.3 Å². The standard InChI is InChI=1S/C17H16FN3O/c1-11(13-7-3-4-9-15(13)18)21(2)17(22)14-8-5-6-12-10-19-20-16(12)14/h3-11H,1-2H3,(H,19,20)/t11-/m1/s1. The minimum absolute atomic E-state index is 0.175. The number of amides is 1. The second kappa shape index (κ2) is 5.60. The van der Waals surface area contributed by atoms with Gasteiger partial charge in [0.1, 0.15) is 5.82 Å². The van der Waals surface area contributed by atoms with Crippen LogP contribution in [0.2, 0.25) is 0 Å². The fourth-order valence-corrected chi connectivity index (χ4v) is 2.54. The minimum atomic E-state index is -0.369. The van der Waals surface area contributed by atoms with Crippen LogP contribution < -0.4 is 0 Å². The molecule has 22 heavy (non-hydrogen) atoms. The molecule has 2 aromatic carbocycles. The number of hydrogen-bond donors (Lipinski definition) is 1. The lowest BCUT2D eigenvalue weighted by Crippen LogP contribution is -2.30. The molecule has 112 valence electrons. The Morgan fingerprint density at radius 1 is 1.23 bits per heavy atom. The van der Waals surface area contributed by atoms with Gasteiger partial charge < -0.3 is 4.90 Å². The first kappa shape index (κ1) is 14.3. The number of fused-ring (bicyclic) bond motifs is 1.